The molecule has 28 heavy (non-hydrogen) atoms. The number of aryl methyl sites for hydroxylation is 1. The third-order valence-corrected chi connectivity index (χ3v) is 5.09. The lowest BCUT2D eigenvalue weighted by atomic mass is 9.88. The summed E-state index contributed by atoms with van der Waals surface area (Å²) in [5, 5.41) is 0. The van der Waals surface area contributed by atoms with Crippen LogP contribution in [-0.4, -0.2) is 60.2 Å². The van der Waals surface area contributed by atoms with E-state index in [2.05, 4.69) is 11.9 Å². The van der Waals surface area contributed by atoms with Crippen molar-refractivity contribution in [3.63, 3.8) is 0 Å². The van der Waals surface area contributed by atoms with E-state index in [0.29, 0.717) is 23.6 Å². The number of nitrogens with one attached hydrogen (secondary N) is 1. The maximum atomic E-state index is 12.9. The van der Waals surface area contributed by atoms with Gasteiger partial charge in [0.1, 0.15) is 5.75 Å². The summed E-state index contributed by atoms with van der Waals surface area (Å²) in [7, 11) is 5.09. The van der Waals surface area contributed by atoms with Crippen LogP contribution < -0.4 is 4.74 Å². The zero-order chi connectivity index (χ0) is 20.4. The van der Waals surface area contributed by atoms with Gasteiger partial charge in [-0.2, -0.15) is 4.58 Å². The first-order chi connectivity index (χ1) is 13.4. The van der Waals surface area contributed by atoms with Gasteiger partial charge < -0.3 is 14.6 Å². The predicted octanol–water partition coefficient (Wildman–Crippen LogP) is 3.20. The Morgan fingerprint density at radius 2 is 2.00 bits per heavy atom. The van der Waals surface area contributed by atoms with E-state index in [-0.39, 0.29) is 17.7 Å². The Hall–Kier alpha value is -2.89. The van der Waals surface area contributed by atoms with Crippen LogP contribution in [0, 0.1) is 6.92 Å². The zero-order valence-corrected chi connectivity index (χ0v) is 17.2. The molecule has 0 bridgehead atoms. The van der Waals surface area contributed by atoms with Crippen molar-refractivity contribution < 1.29 is 18.9 Å². The maximum Gasteiger partial charge on any atom is 0.435 e. The normalized spacial score (nSPS) is 15.8. The van der Waals surface area contributed by atoms with Crippen LogP contribution in [0.3, 0.4) is 0 Å². The number of rotatable bonds is 6. The van der Waals surface area contributed by atoms with Gasteiger partial charge in [-0.05, 0) is 31.2 Å². The lowest BCUT2D eigenvalue weighted by molar-refractivity contribution is -0.427. The SMILES string of the molecule is CCCC[N+]1=CC(c2cc(C(=O)N(C)C)ccc2OC)c2cc(C)[nH]c2C1=O. The van der Waals surface area contributed by atoms with E-state index in [1.54, 1.807) is 36.7 Å². The minimum Gasteiger partial charge on any atom is -0.496 e. The first-order valence-electron chi connectivity index (χ1n) is 9.62. The fraction of sp³-hybridized carbons (Fsp3) is 0.409. The summed E-state index contributed by atoms with van der Waals surface area (Å²) in [6, 6.07) is 7.48. The van der Waals surface area contributed by atoms with E-state index in [0.717, 1.165) is 29.7 Å². The molecule has 148 valence electrons. The number of benzene rings is 1. The topological polar surface area (TPSA) is 65.4 Å². The maximum absolute atomic E-state index is 12.9. The van der Waals surface area contributed by atoms with Crippen molar-refractivity contribution in [2.75, 3.05) is 27.7 Å². The van der Waals surface area contributed by atoms with Crippen molar-refractivity contribution in [2.24, 2.45) is 0 Å². The molecule has 6 nitrogen and oxygen atoms in total. The van der Waals surface area contributed by atoms with Crippen LogP contribution in [0.5, 0.6) is 5.75 Å². The average Bonchev–Trinajstić information content (AvgIpc) is 3.08. The van der Waals surface area contributed by atoms with Gasteiger partial charge in [-0.1, -0.05) is 13.3 Å². The van der Waals surface area contributed by atoms with Gasteiger partial charge in [-0.15, -0.1) is 0 Å². The number of H-pyrrole nitrogens is 1. The van der Waals surface area contributed by atoms with Gasteiger partial charge >= 0.3 is 5.91 Å². The quantitative estimate of drug-likeness (QED) is 0.781. The number of methoxy groups -OCH3 is 1. The first kappa shape index (κ1) is 19.9. The van der Waals surface area contributed by atoms with Crippen molar-refractivity contribution in [3.05, 3.63) is 52.3 Å². The van der Waals surface area contributed by atoms with E-state index in [4.69, 9.17) is 4.74 Å². The molecule has 1 aliphatic rings. The Kier molecular flexibility index (Phi) is 5.68. The highest BCUT2D eigenvalue weighted by Crippen LogP contribution is 2.36. The molecule has 1 N–H and O–H groups in total. The minimum absolute atomic E-state index is 0.00714. The van der Waals surface area contributed by atoms with Crippen molar-refractivity contribution in [1.82, 2.24) is 9.88 Å². The molecule has 0 saturated carbocycles. The Morgan fingerprint density at radius 3 is 2.64 bits per heavy atom. The van der Waals surface area contributed by atoms with Gasteiger partial charge in [0, 0.05) is 42.9 Å². The lowest BCUT2D eigenvalue weighted by Gasteiger charge is -2.20. The highest BCUT2D eigenvalue weighted by Gasteiger charge is 2.37. The van der Waals surface area contributed by atoms with Crippen LogP contribution in [0.4, 0.5) is 0 Å². The van der Waals surface area contributed by atoms with Gasteiger partial charge in [0.15, 0.2) is 18.5 Å². The number of hydrogen-bond acceptors (Lipinski definition) is 3. The second kappa shape index (κ2) is 8.00. The molecule has 1 aliphatic heterocycles. The Balaban J connectivity index is 2.16. The number of carbonyl (C=O) groups excluding carboxylic acids is 2. The number of unbranched alkanes of at least 4 members (excludes halogenated alkanes) is 1. The fourth-order valence-electron chi connectivity index (χ4n) is 3.63. The van der Waals surface area contributed by atoms with Crippen LogP contribution in [0.1, 0.15) is 63.4 Å². The number of carbonyl (C=O) groups is 2. The molecular formula is C22H28N3O3+. The summed E-state index contributed by atoms with van der Waals surface area (Å²) >= 11 is 0. The lowest BCUT2D eigenvalue weighted by Crippen LogP contribution is -2.32. The number of amides is 2. The van der Waals surface area contributed by atoms with Crippen molar-refractivity contribution in [3.8, 4) is 5.75 Å². The van der Waals surface area contributed by atoms with Gasteiger partial charge in [-0.25, -0.2) is 4.79 Å². The van der Waals surface area contributed by atoms with Gasteiger partial charge in [0.2, 0.25) is 0 Å². The van der Waals surface area contributed by atoms with E-state index in [9.17, 15) is 9.59 Å². The summed E-state index contributed by atoms with van der Waals surface area (Å²) in [6.45, 7) is 4.72. The van der Waals surface area contributed by atoms with E-state index in [1.807, 2.05) is 31.3 Å². The summed E-state index contributed by atoms with van der Waals surface area (Å²) in [4.78, 5) is 30.2. The van der Waals surface area contributed by atoms with Crippen molar-refractivity contribution in [1.29, 1.82) is 0 Å². The van der Waals surface area contributed by atoms with E-state index < -0.39 is 0 Å². The number of ether oxygens (including phenoxy) is 1. The molecule has 3 rings (SSSR count). The standard InChI is InChI=1S/C22H27N3O3/c1-6-7-10-25-13-18(17-11-14(2)23-20(17)22(25)27)16-12-15(21(26)24(3)4)8-9-19(16)28-5/h8-9,11-13,18H,6-7,10H2,1-5H3/p+1. The van der Waals surface area contributed by atoms with Crippen LogP contribution in [0.15, 0.2) is 24.3 Å². The molecule has 0 aliphatic carbocycles. The molecule has 1 aromatic heterocycles. The van der Waals surface area contributed by atoms with Crippen LogP contribution >= 0.6 is 0 Å². The molecule has 0 radical (unpaired) electrons. The second-order valence-electron chi connectivity index (χ2n) is 7.42. The number of aromatic amines is 1. The number of aromatic nitrogens is 1. The first-order valence-corrected chi connectivity index (χ1v) is 9.62. The molecule has 1 unspecified atom stereocenters. The van der Waals surface area contributed by atoms with Gasteiger partial charge in [0.05, 0.1) is 13.0 Å². The summed E-state index contributed by atoms with van der Waals surface area (Å²) < 4.78 is 7.38. The fourth-order valence-corrected chi connectivity index (χ4v) is 3.63. The smallest absolute Gasteiger partial charge is 0.435 e. The van der Waals surface area contributed by atoms with Crippen molar-refractivity contribution in [2.45, 2.75) is 32.6 Å². The van der Waals surface area contributed by atoms with Crippen molar-refractivity contribution >= 4 is 18.0 Å². The molecule has 0 saturated heterocycles. The molecule has 1 atom stereocenters. The highest BCUT2D eigenvalue weighted by molar-refractivity contribution is 5.97. The third kappa shape index (κ3) is 3.59. The zero-order valence-electron chi connectivity index (χ0n) is 17.2. The van der Waals surface area contributed by atoms with Crippen LogP contribution in [0.2, 0.25) is 0 Å². The van der Waals surface area contributed by atoms with Gasteiger partial charge in [0.25, 0.3) is 5.91 Å². The van der Waals surface area contributed by atoms with E-state index >= 15 is 0 Å². The molecule has 6 heteroatoms. The molecule has 2 aromatic rings. The molecule has 2 amide bonds. The third-order valence-electron chi connectivity index (χ3n) is 5.09. The Morgan fingerprint density at radius 1 is 1.25 bits per heavy atom. The summed E-state index contributed by atoms with van der Waals surface area (Å²) in [5.74, 6) is 0.460. The molecule has 0 fully saturated rings. The Bertz CT molecular complexity index is 940. The monoisotopic (exact) mass is 382 g/mol. The minimum atomic E-state index is -0.167. The summed E-state index contributed by atoms with van der Waals surface area (Å²) in [5.41, 5.74) is 3.95. The van der Waals surface area contributed by atoms with Crippen LogP contribution in [-0.2, 0) is 0 Å². The highest BCUT2D eigenvalue weighted by atomic mass is 16.5. The number of nitrogens with zero attached hydrogens (tertiary/aromatic N) is 2. The van der Waals surface area contributed by atoms with Gasteiger partial charge in [-0.3, -0.25) is 4.79 Å². The predicted molar refractivity (Wildman–Crippen MR) is 109 cm³/mol. The second-order valence-corrected chi connectivity index (χ2v) is 7.42. The number of hydrogen-bond donors (Lipinski definition) is 1. The molecule has 2 heterocycles. The average molecular weight is 382 g/mol. The summed E-state index contributed by atoms with van der Waals surface area (Å²) in [6.07, 6.45) is 3.91. The molecule has 0 spiro atoms. The molecule has 1 aromatic carbocycles. The largest absolute Gasteiger partial charge is 0.496 e. The number of fused-ring (bicyclic) bond motifs is 1. The van der Waals surface area contributed by atoms with E-state index in [1.165, 1.54) is 0 Å². The molecular weight excluding hydrogens is 354 g/mol. The Labute approximate surface area is 165 Å². The van der Waals surface area contributed by atoms with Crippen LogP contribution in [0.25, 0.3) is 0 Å².